The lowest BCUT2D eigenvalue weighted by molar-refractivity contribution is -0.128. The van der Waals surface area contributed by atoms with Gasteiger partial charge in [-0.15, -0.1) is 0 Å². The quantitative estimate of drug-likeness (QED) is 0.772. The fraction of sp³-hybridized carbons (Fsp3) is 0.538. The molecule has 1 aliphatic rings. The molecule has 108 valence electrons. The number of aromatic nitrogens is 2. The molecule has 7 heteroatoms. The van der Waals surface area contributed by atoms with Gasteiger partial charge in [0.05, 0.1) is 12.8 Å². The summed E-state index contributed by atoms with van der Waals surface area (Å²) in [5.41, 5.74) is 0.285. The summed E-state index contributed by atoms with van der Waals surface area (Å²) in [6.07, 6.45) is 4.87. The Morgan fingerprint density at radius 3 is 3.10 bits per heavy atom. The first-order valence-corrected chi connectivity index (χ1v) is 6.51. The zero-order valence-electron chi connectivity index (χ0n) is 11.4. The summed E-state index contributed by atoms with van der Waals surface area (Å²) in [6, 6.07) is 0. The maximum absolute atomic E-state index is 11.8. The van der Waals surface area contributed by atoms with Crippen LogP contribution < -0.4 is 5.32 Å². The first-order valence-electron chi connectivity index (χ1n) is 6.51. The van der Waals surface area contributed by atoms with E-state index in [-0.39, 0.29) is 23.4 Å². The van der Waals surface area contributed by atoms with Gasteiger partial charge in [0, 0.05) is 51.5 Å². The third-order valence-electron chi connectivity index (χ3n) is 3.21. The van der Waals surface area contributed by atoms with Crippen molar-refractivity contribution in [3.63, 3.8) is 0 Å². The number of carbonyl (C=O) groups is 2. The fourth-order valence-electron chi connectivity index (χ4n) is 2.15. The topological polar surface area (TPSA) is 84.4 Å². The fourth-order valence-corrected chi connectivity index (χ4v) is 2.15. The molecule has 20 heavy (non-hydrogen) atoms. The van der Waals surface area contributed by atoms with Crippen molar-refractivity contribution < 1.29 is 14.3 Å². The molecule has 1 saturated heterocycles. The van der Waals surface area contributed by atoms with Gasteiger partial charge in [0.1, 0.15) is 5.69 Å². The molecule has 0 radical (unpaired) electrons. The van der Waals surface area contributed by atoms with Gasteiger partial charge in [0.15, 0.2) is 0 Å². The van der Waals surface area contributed by atoms with Crippen LogP contribution in [0.5, 0.6) is 0 Å². The van der Waals surface area contributed by atoms with E-state index in [0.29, 0.717) is 32.7 Å². The average Bonchev–Trinajstić information content (AvgIpc) is 2.84. The number of hydrogen-bond acceptors (Lipinski definition) is 5. The van der Waals surface area contributed by atoms with Crippen LogP contribution in [0, 0.1) is 5.92 Å². The lowest BCUT2D eigenvalue weighted by Gasteiger charge is -2.16. The van der Waals surface area contributed by atoms with E-state index in [1.54, 1.807) is 12.0 Å². The number of ether oxygens (including phenoxy) is 1. The second-order valence-electron chi connectivity index (χ2n) is 4.70. The van der Waals surface area contributed by atoms with Crippen LogP contribution in [0.1, 0.15) is 16.9 Å². The highest BCUT2D eigenvalue weighted by molar-refractivity contribution is 5.91. The van der Waals surface area contributed by atoms with Crippen LogP contribution in [-0.2, 0) is 9.53 Å². The monoisotopic (exact) mass is 278 g/mol. The van der Waals surface area contributed by atoms with E-state index in [1.165, 1.54) is 18.6 Å². The summed E-state index contributed by atoms with van der Waals surface area (Å²) >= 11 is 0. The van der Waals surface area contributed by atoms with Crippen LogP contribution in [0.25, 0.3) is 0 Å². The van der Waals surface area contributed by atoms with Crippen LogP contribution in [0.3, 0.4) is 0 Å². The van der Waals surface area contributed by atoms with Gasteiger partial charge < -0.3 is 15.0 Å². The molecule has 0 aromatic carbocycles. The minimum atomic E-state index is -0.263. The van der Waals surface area contributed by atoms with Crippen molar-refractivity contribution in [2.75, 3.05) is 33.4 Å². The molecule has 2 heterocycles. The van der Waals surface area contributed by atoms with Gasteiger partial charge in [-0.1, -0.05) is 0 Å². The summed E-state index contributed by atoms with van der Waals surface area (Å²) in [5, 5.41) is 2.79. The van der Waals surface area contributed by atoms with Crippen molar-refractivity contribution in [1.82, 2.24) is 20.2 Å². The van der Waals surface area contributed by atoms with E-state index >= 15 is 0 Å². The zero-order valence-corrected chi connectivity index (χ0v) is 11.4. The first kappa shape index (κ1) is 14.4. The van der Waals surface area contributed by atoms with Crippen LogP contribution >= 0.6 is 0 Å². The van der Waals surface area contributed by atoms with Crippen LogP contribution in [0.4, 0.5) is 0 Å². The SMILES string of the molecule is COCCN1CC(CNC(=O)c2cnccn2)CC1=O. The highest BCUT2D eigenvalue weighted by atomic mass is 16.5. The maximum Gasteiger partial charge on any atom is 0.271 e. The second-order valence-corrected chi connectivity index (χ2v) is 4.70. The van der Waals surface area contributed by atoms with Crippen LogP contribution in [0.15, 0.2) is 18.6 Å². The molecule has 1 fully saturated rings. The predicted molar refractivity (Wildman–Crippen MR) is 70.9 cm³/mol. The number of nitrogens with zero attached hydrogens (tertiary/aromatic N) is 3. The number of rotatable bonds is 6. The molecule has 0 spiro atoms. The van der Waals surface area contributed by atoms with Crippen molar-refractivity contribution in [3.05, 3.63) is 24.3 Å². The number of likely N-dealkylation sites (tertiary alicyclic amines) is 1. The molecule has 0 aliphatic carbocycles. The minimum absolute atomic E-state index is 0.112. The summed E-state index contributed by atoms with van der Waals surface area (Å²) in [7, 11) is 1.61. The molecule has 1 N–H and O–H groups in total. The Labute approximate surface area is 117 Å². The normalized spacial score (nSPS) is 18.4. The number of amides is 2. The van der Waals surface area contributed by atoms with E-state index in [0.717, 1.165) is 0 Å². The smallest absolute Gasteiger partial charge is 0.271 e. The molecule has 1 aliphatic heterocycles. The summed E-state index contributed by atoms with van der Waals surface area (Å²) in [4.78, 5) is 33.1. The van der Waals surface area contributed by atoms with E-state index in [2.05, 4.69) is 15.3 Å². The van der Waals surface area contributed by atoms with Gasteiger partial charge in [0.2, 0.25) is 5.91 Å². The van der Waals surface area contributed by atoms with Crippen molar-refractivity contribution in [2.45, 2.75) is 6.42 Å². The zero-order chi connectivity index (χ0) is 14.4. The Balaban J connectivity index is 1.78. The summed E-state index contributed by atoms with van der Waals surface area (Å²) < 4.78 is 4.96. The average molecular weight is 278 g/mol. The summed E-state index contributed by atoms with van der Waals surface area (Å²) in [5.74, 6) is -0.0123. The van der Waals surface area contributed by atoms with Gasteiger partial charge in [0.25, 0.3) is 5.91 Å². The van der Waals surface area contributed by atoms with Crippen molar-refractivity contribution in [1.29, 1.82) is 0 Å². The third kappa shape index (κ3) is 3.74. The summed E-state index contributed by atoms with van der Waals surface area (Å²) in [6.45, 7) is 2.25. The molecular weight excluding hydrogens is 260 g/mol. The number of carbonyl (C=O) groups excluding carboxylic acids is 2. The molecular formula is C13H18N4O3. The maximum atomic E-state index is 11.8. The Kier molecular flexibility index (Phi) is 5.00. The highest BCUT2D eigenvalue weighted by Gasteiger charge is 2.29. The van der Waals surface area contributed by atoms with Crippen molar-refractivity contribution in [3.8, 4) is 0 Å². The third-order valence-corrected chi connectivity index (χ3v) is 3.21. The molecule has 0 saturated carbocycles. The Morgan fingerprint density at radius 2 is 2.40 bits per heavy atom. The van der Waals surface area contributed by atoms with E-state index < -0.39 is 0 Å². The van der Waals surface area contributed by atoms with Crippen molar-refractivity contribution >= 4 is 11.8 Å². The number of methoxy groups -OCH3 is 1. The predicted octanol–water partition coefficient (Wildman–Crippen LogP) is -0.299. The Morgan fingerprint density at radius 1 is 1.55 bits per heavy atom. The lowest BCUT2D eigenvalue weighted by atomic mass is 10.1. The first-order chi connectivity index (χ1) is 9.70. The van der Waals surface area contributed by atoms with E-state index in [1.807, 2.05) is 0 Å². The van der Waals surface area contributed by atoms with Gasteiger partial charge in [-0.05, 0) is 0 Å². The minimum Gasteiger partial charge on any atom is -0.383 e. The Bertz CT molecular complexity index is 466. The molecule has 0 bridgehead atoms. The van der Waals surface area contributed by atoms with Crippen molar-refractivity contribution in [2.24, 2.45) is 5.92 Å². The molecule has 1 aromatic heterocycles. The second kappa shape index (κ2) is 6.95. The van der Waals surface area contributed by atoms with Gasteiger partial charge in [-0.3, -0.25) is 14.6 Å². The highest BCUT2D eigenvalue weighted by Crippen LogP contribution is 2.16. The van der Waals surface area contributed by atoms with E-state index in [4.69, 9.17) is 4.74 Å². The van der Waals surface area contributed by atoms with Gasteiger partial charge in [-0.2, -0.15) is 0 Å². The molecule has 1 unspecified atom stereocenters. The molecule has 7 nitrogen and oxygen atoms in total. The molecule has 2 amide bonds. The van der Waals surface area contributed by atoms with Gasteiger partial charge in [-0.25, -0.2) is 4.98 Å². The molecule has 1 atom stereocenters. The van der Waals surface area contributed by atoms with Gasteiger partial charge >= 0.3 is 0 Å². The molecule has 2 rings (SSSR count). The lowest BCUT2D eigenvalue weighted by Crippen LogP contribution is -2.32. The Hall–Kier alpha value is -2.02. The van der Waals surface area contributed by atoms with Crippen LogP contribution in [0.2, 0.25) is 0 Å². The molecule has 1 aromatic rings. The number of hydrogen-bond donors (Lipinski definition) is 1. The van der Waals surface area contributed by atoms with Crippen LogP contribution in [-0.4, -0.2) is 60.0 Å². The largest absolute Gasteiger partial charge is 0.383 e. The number of nitrogens with one attached hydrogen (secondary N) is 1. The van der Waals surface area contributed by atoms with E-state index in [9.17, 15) is 9.59 Å². The standard InChI is InChI=1S/C13H18N4O3/c1-20-5-4-17-9-10(6-12(17)18)7-16-13(19)11-8-14-2-3-15-11/h2-3,8,10H,4-7,9H2,1H3,(H,16,19).